The molecule has 1 saturated heterocycles. The van der Waals surface area contributed by atoms with Crippen molar-refractivity contribution in [3.05, 3.63) is 23.9 Å². The fraction of sp³-hybridized carbons (Fsp3) is 0.696. The number of methoxy groups -OCH3 is 1. The van der Waals surface area contributed by atoms with E-state index in [4.69, 9.17) is 14.6 Å². The molecule has 0 amide bonds. The second-order valence-corrected chi connectivity index (χ2v) is 8.30. The summed E-state index contributed by atoms with van der Waals surface area (Å²) in [5.74, 6) is 1.03. The molecule has 0 unspecified atom stereocenters. The fourth-order valence-electron chi connectivity index (χ4n) is 5.17. The van der Waals surface area contributed by atoms with Gasteiger partial charge in [0.2, 0.25) is 0 Å². The van der Waals surface area contributed by atoms with Crippen LogP contribution < -0.4 is 4.74 Å². The lowest BCUT2D eigenvalue weighted by Gasteiger charge is -2.40. The highest BCUT2D eigenvalue weighted by Crippen LogP contribution is 2.35. The third kappa shape index (κ3) is 3.79. The van der Waals surface area contributed by atoms with Crippen LogP contribution in [0.5, 0.6) is 5.75 Å². The van der Waals surface area contributed by atoms with Crippen molar-refractivity contribution in [1.29, 1.82) is 0 Å². The summed E-state index contributed by atoms with van der Waals surface area (Å²) in [6, 6.07) is 5.70. The molecular formula is C23H35N3O2. The maximum Gasteiger partial charge on any atom is 0.133 e. The lowest BCUT2D eigenvalue weighted by atomic mass is 9.90. The number of piperidine rings is 1. The Balaban J connectivity index is 1.45. The minimum absolute atomic E-state index is 0.483. The average Bonchev–Trinajstić information content (AvgIpc) is 3.19. The van der Waals surface area contributed by atoms with E-state index in [0.717, 1.165) is 18.2 Å². The maximum absolute atomic E-state index is 5.98. The van der Waals surface area contributed by atoms with Gasteiger partial charge in [-0.15, -0.1) is 0 Å². The Hall–Kier alpha value is -1.59. The minimum Gasteiger partial charge on any atom is -0.493 e. The van der Waals surface area contributed by atoms with Crippen molar-refractivity contribution in [3.63, 3.8) is 0 Å². The standard InChI is InChI=1S/C23H35N3O2/c1-4-17-6-11-22-21(23(17)28-5-2)16-24-26(22)19-12-14-25(15-13-19)18-7-9-20(27-3)10-8-18/h6,11,16,18-20H,4-5,7-10,12-15H2,1-3H3. The fourth-order valence-corrected chi connectivity index (χ4v) is 5.17. The zero-order chi connectivity index (χ0) is 19.5. The Morgan fingerprint density at radius 2 is 1.75 bits per heavy atom. The lowest BCUT2D eigenvalue weighted by molar-refractivity contribution is 0.0292. The zero-order valence-corrected chi connectivity index (χ0v) is 17.7. The highest BCUT2D eigenvalue weighted by atomic mass is 16.5. The Kier molecular flexibility index (Phi) is 6.22. The number of benzene rings is 1. The summed E-state index contributed by atoms with van der Waals surface area (Å²) in [5.41, 5.74) is 2.50. The third-order valence-electron chi connectivity index (χ3n) is 6.82. The van der Waals surface area contributed by atoms with Crippen molar-refractivity contribution in [3.8, 4) is 5.75 Å². The predicted molar refractivity (Wildman–Crippen MR) is 113 cm³/mol. The largest absolute Gasteiger partial charge is 0.493 e. The summed E-state index contributed by atoms with van der Waals surface area (Å²) in [5, 5.41) is 5.97. The van der Waals surface area contributed by atoms with E-state index in [0.29, 0.717) is 18.8 Å². The van der Waals surface area contributed by atoms with Gasteiger partial charge in [0.25, 0.3) is 0 Å². The second-order valence-electron chi connectivity index (χ2n) is 8.30. The van der Waals surface area contributed by atoms with E-state index in [1.54, 1.807) is 0 Å². The number of nitrogens with zero attached hydrogens (tertiary/aromatic N) is 3. The molecule has 0 spiro atoms. The number of aryl methyl sites for hydroxylation is 1. The van der Waals surface area contributed by atoms with E-state index in [1.165, 1.54) is 68.1 Å². The summed E-state index contributed by atoms with van der Waals surface area (Å²) in [6.45, 7) is 7.29. The Morgan fingerprint density at radius 1 is 1.00 bits per heavy atom. The van der Waals surface area contributed by atoms with Crippen LogP contribution in [0.3, 0.4) is 0 Å². The number of aromatic nitrogens is 2. The Bertz CT molecular complexity index is 771. The van der Waals surface area contributed by atoms with Crippen molar-refractivity contribution < 1.29 is 9.47 Å². The van der Waals surface area contributed by atoms with Gasteiger partial charge in [-0.3, -0.25) is 4.68 Å². The molecule has 0 bridgehead atoms. The molecule has 1 aliphatic heterocycles. The number of ether oxygens (including phenoxy) is 2. The van der Waals surface area contributed by atoms with Gasteiger partial charge in [0.15, 0.2) is 0 Å². The van der Waals surface area contributed by atoms with Gasteiger partial charge in [-0.25, -0.2) is 0 Å². The van der Waals surface area contributed by atoms with Crippen LogP contribution in [0.1, 0.15) is 64.0 Å². The maximum atomic E-state index is 5.98. The van der Waals surface area contributed by atoms with E-state index in [-0.39, 0.29) is 0 Å². The molecule has 2 heterocycles. The smallest absolute Gasteiger partial charge is 0.133 e. The average molecular weight is 386 g/mol. The van der Waals surface area contributed by atoms with Gasteiger partial charge in [0, 0.05) is 26.2 Å². The van der Waals surface area contributed by atoms with E-state index < -0.39 is 0 Å². The van der Waals surface area contributed by atoms with Crippen LogP contribution in [-0.4, -0.2) is 53.6 Å². The first kappa shape index (κ1) is 19.7. The first-order valence-electron chi connectivity index (χ1n) is 11.1. The molecule has 1 saturated carbocycles. The normalized spacial score (nSPS) is 24.7. The van der Waals surface area contributed by atoms with Crippen molar-refractivity contribution >= 4 is 10.9 Å². The number of hydrogen-bond donors (Lipinski definition) is 0. The Labute approximate surface area is 169 Å². The van der Waals surface area contributed by atoms with E-state index in [1.807, 2.05) is 13.3 Å². The van der Waals surface area contributed by atoms with Crippen LogP contribution >= 0.6 is 0 Å². The molecule has 1 aromatic heterocycles. The topological polar surface area (TPSA) is 39.5 Å². The quantitative estimate of drug-likeness (QED) is 0.729. The van der Waals surface area contributed by atoms with Crippen LogP contribution in [0.2, 0.25) is 0 Å². The van der Waals surface area contributed by atoms with E-state index in [9.17, 15) is 0 Å². The highest BCUT2D eigenvalue weighted by molar-refractivity contribution is 5.86. The molecule has 2 aliphatic rings. The first-order chi connectivity index (χ1) is 13.7. The molecule has 5 nitrogen and oxygen atoms in total. The Morgan fingerprint density at radius 3 is 2.39 bits per heavy atom. The van der Waals surface area contributed by atoms with Crippen molar-refractivity contribution in [2.45, 2.75) is 77.0 Å². The van der Waals surface area contributed by atoms with Crippen molar-refractivity contribution in [2.75, 3.05) is 26.8 Å². The lowest BCUT2D eigenvalue weighted by Crippen LogP contribution is -2.44. The van der Waals surface area contributed by atoms with Gasteiger partial charge < -0.3 is 14.4 Å². The molecular weight excluding hydrogens is 350 g/mol. The zero-order valence-electron chi connectivity index (χ0n) is 17.7. The molecule has 0 atom stereocenters. The highest BCUT2D eigenvalue weighted by Gasteiger charge is 2.30. The van der Waals surface area contributed by atoms with Gasteiger partial charge in [-0.2, -0.15) is 5.10 Å². The number of likely N-dealkylation sites (tertiary alicyclic amines) is 1. The molecule has 154 valence electrons. The third-order valence-corrected chi connectivity index (χ3v) is 6.82. The van der Waals surface area contributed by atoms with Gasteiger partial charge >= 0.3 is 0 Å². The number of rotatable bonds is 6. The first-order valence-corrected chi connectivity index (χ1v) is 11.1. The van der Waals surface area contributed by atoms with Crippen LogP contribution in [0.4, 0.5) is 0 Å². The van der Waals surface area contributed by atoms with Crippen molar-refractivity contribution in [1.82, 2.24) is 14.7 Å². The van der Waals surface area contributed by atoms with Crippen molar-refractivity contribution in [2.24, 2.45) is 0 Å². The van der Waals surface area contributed by atoms with Crippen LogP contribution in [-0.2, 0) is 11.2 Å². The van der Waals surface area contributed by atoms with Crippen LogP contribution in [0.15, 0.2) is 18.3 Å². The number of fused-ring (bicyclic) bond motifs is 1. The molecule has 0 N–H and O–H groups in total. The van der Waals surface area contributed by atoms with Gasteiger partial charge in [0.1, 0.15) is 5.75 Å². The summed E-state index contributed by atoms with van der Waals surface area (Å²) < 4.78 is 13.8. The molecule has 4 rings (SSSR count). The molecule has 1 aliphatic carbocycles. The number of hydrogen-bond acceptors (Lipinski definition) is 4. The van der Waals surface area contributed by atoms with Crippen LogP contribution in [0.25, 0.3) is 10.9 Å². The summed E-state index contributed by atoms with van der Waals surface area (Å²) in [4.78, 5) is 2.72. The predicted octanol–water partition coefficient (Wildman–Crippen LogP) is 4.59. The van der Waals surface area contributed by atoms with Gasteiger partial charge in [0.05, 0.1) is 35.9 Å². The summed E-state index contributed by atoms with van der Waals surface area (Å²) in [7, 11) is 1.85. The molecule has 1 aromatic carbocycles. The van der Waals surface area contributed by atoms with Crippen LogP contribution in [0, 0.1) is 0 Å². The SMILES string of the molecule is CCOc1c(CC)ccc2c1cnn2C1CCN(C2CCC(OC)CC2)CC1. The van der Waals surface area contributed by atoms with E-state index in [2.05, 4.69) is 35.6 Å². The van der Waals surface area contributed by atoms with Gasteiger partial charge in [-0.1, -0.05) is 13.0 Å². The van der Waals surface area contributed by atoms with Gasteiger partial charge in [-0.05, 0) is 63.5 Å². The monoisotopic (exact) mass is 385 g/mol. The molecule has 5 heteroatoms. The molecule has 2 aromatic rings. The summed E-state index contributed by atoms with van der Waals surface area (Å²) >= 11 is 0. The molecule has 2 fully saturated rings. The molecule has 0 radical (unpaired) electrons. The minimum atomic E-state index is 0.483. The second kappa shape index (κ2) is 8.83. The summed E-state index contributed by atoms with van der Waals surface area (Å²) in [6.07, 6.45) is 10.8. The van der Waals surface area contributed by atoms with E-state index >= 15 is 0 Å². The molecule has 28 heavy (non-hydrogen) atoms.